The molecule has 88 valence electrons. The van der Waals surface area contributed by atoms with E-state index in [1.165, 1.54) is 7.11 Å². The summed E-state index contributed by atoms with van der Waals surface area (Å²) in [5, 5.41) is 8.96. The van der Waals surface area contributed by atoms with E-state index in [2.05, 4.69) is 0 Å². The van der Waals surface area contributed by atoms with Gasteiger partial charge in [0.15, 0.2) is 11.5 Å². The van der Waals surface area contributed by atoms with Crippen molar-refractivity contribution in [3.63, 3.8) is 0 Å². The van der Waals surface area contributed by atoms with Crippen LogP contribution < -0.4 is 9.47 Å². The van der Waals surface area contributed by atoms with E-state index >= 15 is 0 Å². The second-order valence-electron chi connectivity index (χ2n) is 3.72. The molecule has 1 N–H and O–H groups in total. The quantitative estimate of drug-likeness (QED) is 0.625. The van der Waals surface area contributed by atoms with Crippen molar-refractivity contribution in [1.82, 2.24) is 0 Å². The summed E-state index contributed by atoms with van der Waals surface area (Å²) in [6.07, 6.45) is 0. The lowest BCUT2D eigenvalue weighted by Crippen LogP contribution is -2.15. The van der Waals surface area contributed by atoms with Crippen LogP contribution >= 0.6 is 0 Å². The molecule has 0 saturated carbocycles. The van der Waals surface area contributed by atoms with Crippen LogP contribution in [0.15, 0.2) is 18.2 Å². The van der Waals surface area contributed by atoms with Crippen LogP contribution in [-0.2, 0) is 11.4 Å². The number of hydrogen-bond acceptors (Lipinski definition) is 4. The first-order valence-electron chi connectivity index (χ1n) is 5.08. The van der Waals surface area contributed by atoms with E-state index in [1.807, 2.05) is 0 Å². The minimum absolute atomic E-state index is 0.0746. The lowest BCUT2D eigenvalue weighted by Gasteiger charge is -2.11. The van der Waals surface area contributed by atoms with Crippen molar-refractivity contribution in [3.05, 3.63) is 23.8 Å². The summed E-state index contributed by atoms with van der Waals surface area (Å²) in [5.74, 6) is 0.316. The summed E-state index contributed by atoms with van der Waals surface area (Å²) in [5.41, 5.74) is 0.709. The Bertz CT molecular complexity index is 371. The Labute approximate surface area is 94.8 Å². The number of methoxy groups -OCH3 is 1. The number of carbonyl (C=O) groups is 1. The maximum absolute atomic E-state index is 11.4. The first-order chi connectivity index (χ1) is 7.58. The van der Waals surface area contributed by atoms with Gasteiger partial charge >= 0.3 is 5.97 Å². The largest absolute Gasteiger partial charge is 0.493 e. The number of ether oxygens (including phenoxy) is 2. The lowest BCUT2D eigenvalue weighted by atomic mass is 10.2. The SMILES string of the molecule is COc1cc(CO)ccc1OC(=O)C(C)C. The highest BCUT2D eigenvalue weighted by atomic mass is 16.6. The lowest BCUT2D eigenvalue weighted by molar-refractivity contribution is -0.137. The van der Waals surface area contributed by atoms with Crippen LogP contribution in [0.3, 0.4) is 0 Å². The molecule has 0 saturated heterocycles. The maximum atomic E-state index is 11.4. The number of aliphatic hydroxyl groups is 1. The van der Waals surface area contributed by atoms with E-state index in [0.717, 1.165) is 0 Å². The minimum atomic E-state index is -0.310. The molecule has 0 aliphatic heterocycles. The molecule has 4 nitrogen and oxygen atoms in total. The van der Waals surface area contributed by atoms with Gasteiger partial charge in [0.05, 0.1) is 19.6 Å². The summed E-state index contributed by atoms with van der Waals surface area (Å²) in [6, 6.07) is 4.94. The molecule has 0 aliphatic rings. The number of hydrogen-bond donors (Lipinski definition) is 1. The smallest absolute Gasteiger partial charge is 0.313 e. The zero-order chi connectivity index (χ0) is 12.1. The molecule has 0 amide bonds. The molecule has 16 heavy (non-hydrogen) atoms. The first-order valence-corrected chi connectivity index (χ1v) is 5.08. The van der Waals surface area contributed by atoms with Gasteiger partial charge in [-0.2, -0.15) is 0 Å². The third-order valence-electron chi connectivity index (χ3n) is 2.09. The van der Waals surface area contributed by atoms with Crippen LogP contribution in [0.5, 0.6) is 11.5 Å². The Morgan fingerprint density at radius 2 is 2.06 bits per heavy atom. The molecular formula is C12H16O4. The second kappa shape index (κ2) is 5.51. The van der Waals surface area contributed by atoms with E-state index in [4.69, 9.17) is 14.6 Å². The van der Waals surface area contributed by atoms with Gasteiger partial charge in [0.2, 0.25) is 0 Å². The highest BCUT2D eigenvalue weighted by molar-refractivity contribution is 5.75. The number of rotatable bonds is 4. The molecule has 0 aromatic heterocycles. The third kappa shape index (κ3) is 2.97. The summed E-state index contributed by atoms with van der Waals surface area (Å²) >= 11 is 0. The van der Waals surface area contributed by atoms with Crippen LogP contribution in [0.1, 0.15) is 19.4 Å². The molecule has 0 bridgehead atoms. The van der Waals surface area contributed by atoms with E-state index in [0.29, 0.717) is 17.1 Å². The average molecular weight is 224 g/mol. The number of carbonyl (C=O) groups excluding carboxylic acids is 1. The second-order valence-corrected chi connectivity index (χ2v) is 3.72. The molecule has 0 fully saturated rings. The predicted molar refractivity (Wildman–Crippen MR) is 59.4 cm³/mol. The standard InChI is InChI=1S/C12H16O4/c1-8(2)12(14)16-10-5-4-9(7-13)6-11(10)15-3/h4-6,8,13H,7H2,1-3H3. The van der Waals surface area contributed by atoms with Crippen LogP contribution in [0, 0.1) is 5.92 Å². The number of aliphatic hydroxyl groups excluding tert-OH is 1. The van der Waals surface area contributed by atoms with Gasteiger partial charge in [-0.25, -0.2) is 0 Å². The van der Waals surface area contributed by atoms with Gasteiger partial charge in [-0.05, 0) is 17.7 Å². The fourth-order valence-corrected chi connectivity index (χ4v) is 1.12. The normalized spacial score (nSPS) is 10.3. The Kier molecular flexibility index (Phi) is 4.31. The molecule has 0 atom stereocenters. The maximum Gasteiger partial charge on any atom is 0.313 e. The van der Waals surface area contributed by atoms with Crippen molar-refractivity contribution in [1.29, 1.82) is 0 Å². The van der Waals surface area contributed by atoms with Gasteiger partial charge in [-0.1, -0.05) is 19.9 Å². The van der Waals surface area contributed by atoms with E-state index in [9.17, 15) is 4.79 Å². The zero-order valence-corrected chi connectivity index (χ0v) is 9.69. The Hall–Kier alpha value is -1.55. The van der Waals surface area contributed by atoms with Crippen LogP contribution in [0.4, 0.5) is 0 Å². The molecule has 0 heterocycles. The summed E-state index contributed by atoms with van der Waals surface area (Å²) in [6.45, 7) is 3.45. The third-order valence-corrected chi connectivity index (χ3v) is 2.09. The topological polar surface area (TPSA) is 55.8 Å². The van der Waals surface area contributed by atoms with Gasteiger partial charge in [-0.15, -0.1) is 0 Å². The Morgan fingerprint density at radius 1 is 1.38 bits per heavy atom. The monoisotopic (exact) mass is 224 g/mol. The summed E-state index contributed by atoms with van der Waals surface area (Å²) in [7, 11) is 1.49. The van der Waals surface area contributed by atoms with Crippen LogP contribution in [0.2, 0.25) is 0 Å². The van der Waals surface area contributed by atoms with Gasteiger partial charge in [0, 0.05) is 0 Å². The molecule has 1 rings (SSSR count). The van der Waals surface area contributed by atoms with Gasteiger partial charge in [-0.3, -0.25) is 4.79 Å². The van der Waals surface area contributed by atoms with Gasteiger partial charge in [0.1, 0.15) is 0 Å². The highest BCUT2D eigenvalue weighted by Crippen LogP contribution is 2.28. The van der Waals surface area contributed by atoms with E-state index < -0.39 is 0 Å². The van der Waals surface area contributed by atoms with Crippen molar-refractivity contribution < 1.29 is 19.4 Å². The van der Waals surface area contributed by atoms with Crippen molar-refractivity contribution in [2.24, 2.45) is 5.92 Å². The number of benzene rings is 1. The van der Waals surface area contributed by atoms with Crippen molar-refractivity contribution in [2.45, 2.75) is 20.5 Å². The number of esters is 1. The Balaban J connectivity index is 2.91. The zero-order valence-electron chi connectivity index (χ0n) is 9.69. The van der Waals surface area contributed by atoms with Crippen LogP contribution in [-0.4, -0.2) is 18.2 Å². The minimum Gasteiger partial charge on any atom is -0.493 e. The average Bonchev–Trinajstić information content (AvgIpc) is 2.29. The molecule has 0 unspecified atom stereocenters. The molecule has 0 aliphatic carbocycles. The van der Waals surface area contributed by atoms with E-state index in [1.54, 1.807) is 32.0 Å². The van der Waals surface area contributed by atoms with E-state index in [-0.39, 0.29) is 18.5 Å². The fraction of sp³-hybridized carbons (Fsp3) is 0.417. The first kappa shape index (κ1) is 12.5. The van der Waals surface area contributed by atoms with Crippen LogP contribution in [0.25, 0.3) is 0 Å². The summed E-state index contributed by atoms with van der Waals surface area (Å²) in [4.78, 5) is 11.4. The molecule has 1 aromatic carbocycles. The van der Waals surface area contributed by atoms with Gasteiger partial charge in [0.25, 0.3) is 0 Å². The van der Waals surface area contributed by atoms with Crippen molar-refractivity contribution >= 4 is 5.97 Å². The molecule has 0 radical (unpaired) electrons. The van der Waals surface area contributed by atoms with Crippen molar-refractivity contribution in [2.75, 3.05) is 7.11 Å². The highest BCUT2D eigenvalue weighted by Gasteiger charge is 2.13. The predicted octanol–water partition coefficient (Wildman–Crippen LogP) is 1.75. The molecule has 1 aromatic rings. The van der Waals surface area contributed by atoms with Crippen molar-refractivity contribution in [3.8, 4) is 11.5 Å². The molecule has 0 spiro atoms. The Morgan fingerprint density at radius 3 is 2.56 bits per heavy atom. The van der Waals surface area contributed by atoms with Gasteiger partial charge < -0.3 is 14.6 Å². The summed E-state index contributed by atoms with van der Waals surface area (Å²) < 4.78 is 10.2. The molecular weight excluding hydrogens is 208 g/mol. The molecule has 4 heteroatoms. The fourth-order valence-electron chi connectivity index (χ4n) is 1.12.